The summed E-state index contributed by atoms with van der Waals surface area (Å²) < 4.78 is 4.98. The minimum absolute atomic E-state index is 0. The van der Waals surface area contributed by atoms with Gasteiger partial charge in [-0.25, -0.2) is 0 Å². The van der Waals surface area contributed by atoms with Crippen molar-refractivity contribution in [2.75, 3.05) is 18.4 Å². The number of halogens is 3. The number of amides is 1. The zero-order valence-electron chi connectivity index (χ0n) is 13.7. The van der Waals surface area contributed by atoms with Gasteiger partial charge >= 0.3 is 0 Å². The van der Waals surface area contributed by atoms with E-state index in [-0.39, 0.29) is 31.4 Å². The number of carbonyl (C=O) groups is 1. The molecular formula is C15H20Cl3N5O2. The van der Waals surface area contributed by atoms with E-state index in [1.54, 1.807) is 18.2 Å². The molecule has 0 fully saturated rings. The molecule has 1 aromatic carbocycles. The van der Waals surface area contributed by atoms with E-state index < -0.39 is 0 Å². The summed E-state index contributed by atoms with van der Waals surface area (Å²) in [5.41, 5.74) is 5.97. The first-order valence-electron chi connectivity index (χ1n) is 7.50. The summed E-state index contributed by atoms with van der Waals surface area (Å²) in [5.74, 6) is 0.690. The van der Waals surface area contributed by atoms with Gasteiger partial charge in [-0.15, -0.1) is 12.4 Å². The van der Waals surface area contributed by atoms with Crippen molar-refractivity contribution in [3.05, 3.63) is 40.0 Å². The maximum atomic E-state index is 12.3. The fourth-order valence-electron chi connectivity index (χ4n) is 2.15. The smallest absolute Gasteiger partial charge is 0.240 e. The molecule has 3 N–H and O–H groups in total. The third-order valence-electron chi connectivity index (χ3n) is 3.16. The number of anilines is 1. The molecule has 0 saturated carbocycles. The van der Waals surface area contributed by atoms with E-state index in [4.69, 9.17) is 33.5 Å². The summed E-state index contributed by atoms with van der Waals surface area (Å²) in [5, 5.41) is 7.53. The maximum absolute atomic E-state index is 12.3. The second-order valence-electron chi connectivity index (χ2n) is 5.19. The number of carbonyl (C=O) groups excluding carboxylic acids is 1. The molecule has 1 aromatic heterocycles. The first-order valence-corrected chi connectivity index (χ1v) is 8.26. The van der Waals surface area contributed by atoms with Crippen molar-refractivity contribution in [3.63, 3.8) is 0 Å². The van der Waals surface area contributed by atoms with Crippen molar-refractivity contribution < 1.29 is 9.32 Å². The lowest BCUT2D eigenvalue weighted by Gasteiger charge is -2.19. The Bertz CT molecular complexity index is 696. The normalized spacial score (nSPS) is 10.6. The highest BCUT2D eigenvalue weighted by Crippen LogP contribution is 2.25. The van der Waals surface area contributed by atoms with Crippen LogP contribution in [0, 0.1) is 0 Å². The molecule has 25 heavy (non-hydrogen) atoms. The predicted octanol–water partition coefficient (Wildman–Crippen LogP) is 3.11. The van der Waals surface area contributed by atoms with Crippen molar-refractivity contribution in [3.8, 4) is 0 Å². The average Bonchev–Trinajstić information content (AvgIpc) is 2.98. The van der Waals surface area contributed by atoms with Gasteiger partial charge < -0.3 is 15.6 Å². The van der Waals surface area contributed by atoms with Crippen LogP contribution in [-0.4, -0.2) is 34.0 Å². The Hall–Kier alpha value is -1.38. The van der Waals surface area contributed by atoms with E-state index in [0.29, 0.717) is 40.5 Å². The summed E-state index contributed by atoms with van der Waals surface area (Å²) in [4.78, 5) is 18.3. The molecule has 2 rings (SSSR count). The van der Waals surface area contributed by atoms with Gasteiger partial charge in [0.2, 0.25) is 11.8 Å². The minimum Gasteiger partial charge on any atom is -0.338 e. The number of benzene rings is 1. The fraction of sp³-hybridized carbons (Fsp3) is 0.400. The van der Waals surface area contributed by atoms with Crippen molar-refractivity contribution in [1.29, 1.82) is 0 Å². The maximum Gasteiger partial charge on any atom is 0.240 e. The van der Waals surface area contributed by atoms with Crippen molar-refractivity contribution >= 4 is 47.2 Å². The van der Waals surface area contributed by atoms with Crippen LogP contribution in [-0.2, 0) is 17.9 Å². The quantitative estimate of drug-likeness (QED) is 0.696. The van der Waals surface area contributed by atoms with E-state index in [1.165, 1.54) is 0 Å². The Morgan fingerprint density at radius 2 is 2.16 bits per heavy atom. The molecule has 0 spiro atoms. The van der Waals surface area contributed by atoms with E-state index in [0.717, 1.165) is 6.42 Å². The Morgan fingerprint density at radius 3 is 2.76 bits per heavy atom. The minimum atomic E-state index is -0.185. The number of aromatic nitrogens is 2. The molecule has 0 radical (unpaired) electrons. The van der Waals surface area contributed by atoms with E-state index in [9.17, 15) is 4.79 Å². The van der Waals surface area contributed by atoms with Gasteiger partial charge in [0.1, 0.15) is 0 Å². The summed E-state index contributed by atoms with van der Waals surface area (Å²) in [6, 6.07) is 4.91. The average molecular weight is 409 g/mol. The number of hydrogen-bond donors (Lipinski definition) is 2. The molecule has 0 aliphatic carbocycles. The Balaban J connectivity index is 0.00000312. The highest BCUT2D eigenvalue weighted by atomic mass is 35.5. The first kappa shape index (κ1) is 21.7. The van der Waals surface area contributed by atoms with Gasteiger partial charge in [0, 0.05) is 5.02 Å². The van der Waals surface area contributed by atoms with Gasteiger partial charge in [-0.2, -0.15) is 4.98 Å². The van der Waals surface area contributed by atoms with Crippen LogP contribution in [0.15, 0.2) is 22.7 Å². The van der Waals surface area contributed by atoms with Crippen molar-refractivity contribution in [2.24, 2.45) is 5.73 Å². The van der Waals surface area contributed by atoms with Crippen LogP contribution in [0.3, 0.4) is 0 Å². The van der Waals surface area contributed by atoms with Crippen LogP contribution >= 0.6 is 35.6 Å². The predicted molar refractivity (Wildman–Crippen MR) is 100 cm³/mol. The van der Waals surface area contributed by atoms with E-state index in [1.807, 2.05) is 11.8 Å². The largest absolute Gasteiger partial charge is 0.338 e. The number of nitrogens with two attached hydrogens (primary N) is 1. The van der Waals surface area contributed by atoms with Crippen molar-refractivity contribution in [1.82, 2.24) is 15.0 Å². The number of nitrogens with one attached hydrogen (secondary N) is 1. The van der Waals surface area contributed by atoms with Crippen LogP contribution in [0.1, 0.15) is 25.1 Å². The molecule has 0 aliphatic heterocycles. The van der Waals surface area contributed by atoms with Gasteiger partial charge in [-0.3, -0.25) is 9.69 Å². The van der Waals surface area contributed by atoms with Gasteiger partial charge in [-0.05, 0) is 31.2 Å². The molecule has 0 bridgehead atoms. The lowest BCUT2D eigenvalue weighted by Crippen LogP contribution is -2.33. The molecule has 7 nitrogen and oxygen atoms in total. The van der Waals surface area contributed by atoms with E-state index in [2.05, 4.69) is 15.5 Å². The van der Waals surface area contributed by atoms with Gasteiger partial charge in [0.15, 0.2) is 5.82 Å². The second-order valence-corrected chi connectivity index (χ2v) is 6.04. The molecule has 10 heteroatoms. The molecular weight excluding hydrogens is 389 g/mol. The molecule has 0 aliphatic rings. The SMILES string of the molecule is CCCN(CC(=O)Nc1ccc(Cl)cc1Cl)Cc1noc(CN)n1.Cl. The Labute approximate surface area is 162 Å². The molecule has 0 unspecified atom stereocenters. The van der Waals surface area contributed by atoms with Gasteiger partial charge in [0.25, 0.3) is 0 Å². The third-order valence-corrected chi connectivity index (χ3v) is 3.71. The molecule has 2 aromatic rings. The van der Waals surface area contributed by atoms with Crippen LogP contribution in [0.5, 0.6) is 0 Å². The highest BCUT2D eigenvalue weighted by molar-refractivity contribution is 6.36. The summed E-state index contributed by atoms with van der Waals surface area (Å²) in [6.45, 7) is 3.52. The highest BCUT2D eigenvalue weighted by Gasteiger charge is 2.15. The van der Waals surface area contributed by atoms with Gasteiger partial charge in [-0.1, -0.05) is 35.3 Å². The van der Waals surface area contributed by atoms with Crippen LogP contribution in [0.2, 0.25) is 10.0 Å². The standard InChI is InChI=1S/C15H19Cl2N5O2.ClH/c1-2-5-22(8-13-20-15(7-18)24-21-13)9-14(23)19-12-4-3-10(16)6-11(12)17;/h3-4,6H,2,5,7-9,18H2,1H3,(H,19,23);1H. The van der Waals surface area contributed by atoms with Gasteiger partial charge in [0.05, 0.1) is 30.3 Å². The number of hydrogen-bond acceptors (Lipinski definition) is 6. The number of rotatable bonds is 8. The second kappa shape index (κ2) is 10.6. The zero-order chi connectivity index (χ0) is 17.5. The summed E-state index contributed by atoms with van der Waals surface area (Å²) in [7, 11) is 0. The fourth-order valence-corrected chi connectivity index (χ4v) is 2.61. The van der Waals surface area contributed by atoms with Crippen LogP contribution < -0.4 is 11.1 Å². The van der Waals surface area contributed by atoms with E-state index >= 15 is 0 Å². The zero-order valence-corrected chi connectivity index (χ0v) is 16.0. The molecule has 0 atom stereocenters. The molecule has 1 amide bonds. The molecule has 0 saturated heterocycles. The molecule has 138 valence electrons. The molecule has 1 heterocycles. The Morgan fingerprint density at radius 1 is 1.40 bits per heavy atom. The third kappa shape index (κ3) is 6.80. The van der Waals surface area contributed by atoms with Crippen molar-refractivity contribution in [2.45, 2.75) is 26.4 Å². The number of nitrogens with zero attached hydrogens (tertiary/aromatic N) is 3. The summed E-state index contributed by atoms with van der Waals surface area (Å²) >= 11 is 11.9. The summed E-state index contributed by atoms with van der Waals surface area (Å²) in [6.07, 6.45) is 0.885. The van der Waals surface area contributed by atoms with Crippen LogP contribution in [0.25, 0.3) is 0 Å². The lowest BCUT2D eigenvalue weighted by atomic mass is 10.3. The first-order chi connectivity index (χ1) is 11.5. The monoisotopic (exact) mass is 407 g/mol. The topological polar surface area (TPSA) is 97.3 Å². The van der Waals surface area contributed by atoms with Crippen LogP contribution in [0.4, 0.5) is 5.69 Å². The Kier molecular flexibility index (Phi) is 9.16. The lowest BCUT2D eigenvalue weighted by molar-refractivity contribution is -0.117.